The van der Waals surface area contributed by atoms with Gasteiger partial charge in [-0.25, -0.2) is 0 Å². The standard InChI is InChI=1S/C23H24ClNO4/c1-5-13(3)20(23(28)29)21-14(4)25(18-11-17(24)19(26)10-16(18)21)22(27)15-8-6-12(2)7-9-15/h6-11,13,20,26H,5H2,1-4H3,(H,28,29)/t13?,20-/m0/s1. The number of halogens is 1. The van der Waals surface area contributed by atoms with Crippen LogP contribution in [0.2, 0.25) is 5.02 Å². The Morgan fingerprint density at radius 3 is 2.31 bits per heavy atom. The van der Waals surface area contributed by atoms with Crippen LogP contribution in [0.15, 0.2) is 36.4 Å². The number of phenolic OH excluding ortho intramolecular Hbond substituents is 1. The quantitative estimate of drug-likeness (QED) is 0.577. The van der Waals surface area contributed by atoms with E-state index < -0.39 is 11.9 Å². The van der Waals surface area contributed by atoms with Crippen molar-refractivity contribution in [1.29, 1.82) is 0 Å². The van der Waals surface area contributed by atoms with Crippen LogP contribution in [-0.2, 0) is 4.79 Å². The molecule has 1 aromatic heterocycles. The Kier molecular flexibility index (Phi) is 5.71. The molecule has 29 heavy (non-hydrogen) atoms. The summed E-state index contributed by atoms with van der Waals surface area (Å²) in [6.45, 7) is 7.49. The Labute approximate surface area is 174 Å². The SMILES string of the molecule is CCC(C)[C@H](C(=O)O)c1c(C)n(C(=O)c2ccc(C)cc2)c2cc(Cl)c(O)cc12. The number of rotatable bonds is 5. The van der Waals surface area contributed by atoms with Crippen LogP contribution in [0.4, 0.5) is 0 Å². The van der Waals surface area contributed by atoms with E-state index in [1.54, 1.807) is 19.1 Å². The summed E-state index contributed by atoms with van der Waals surface area (Å²) in [7, 11) is 0. The molecule has 1 unspecified atom stereocenters. The first-order valence-corrected chi connectivity index (χ1v) is 9.92. The molecule has 2 N–H and O–H groups in total. The summed E-state index contributed by atoms with van der Waals surface area (Å²) in [6, 6.07) is 10.2. The molecule has 0 fully saturated rings. The fourth-order valence-corrected chi connectivity index (χ4v) is 3.97. The molecule has 3 rings (SSSR count). The summed E-state index contributed by atoms with van der Waals surface area (Å²) in [4.78, 5) is 25.5. The molecule has 0 aliphatic carbocycles. The van der Waals surface area contributed by atoms with Crippen molar-refractivity contribution in [2.24, 2.45) is 5.92 Å². The number of aryl methyl sites for hydroxylation is 1. The summed E-state index contributed by atoms with van der Waals surface area (Å²) in [6.07, 6.45) is 0.661. The van der Waals surface area contributed by atoms with Crippen molar-refractivity contribution in [2.75, 3.05) is 0 Å². The van der Waals surface area contributed by atoms with Crippen LogP contribution in [0.25, 0.3) is 10.9 Å². The smallest absolute Gasteiger partial charge is 0.311 e. The average molecular weight is 414 g/mol. The summed E-state index contributed by atoms with van der Waals surface area (Å²) in [5, 5.41) is 20.8. The van der Waals surface area contributed by atoms with E-state index in [1.807, 2.05) is 32.9 Å². The highest BCUT2D eigenvalue weighted by Crippen LogP contribution is 2.40. The Morgan fingerprint density at radius 1 is 1.14 bits per heavy atom. The van der Waals surface area contributed by atoms with Crippen molar-refractivity contribution in [3.63, 3.8) is 0 Å². The number of aromatic nitrogens is 1. The van der Waals surface area contributed by atoms with Gasteiger partial charge in [-0.1, -0.05) is 49.6 Å². The number of benzene rings is 2. The zero-order valence-electron chi connectivity index (χ0n) is 16.9. The molecular weight excluding hydrogens is 390 g/mol. The van der Waals surface area contributed by atoms with Gasteiger partial charge in [-0.15, -0.1) is 0 Å². The predicted octanol–water partition coefficient (Wildman–Crippen LogP) is 5.52. The van der Waals surface area contributed by atoms with E-state index in [4.69, 9.17) is 11.6 Å². The Balaban J connectivity index is 2.35. The molecule has 3 aromatic rings. The normalized spacial score (nSPS) is 13.4. The number of fused-ring (bicyclic) bond motifs is 1. The average Bonchev–Trinajstić information content (AvgIpc) is 2.93. The number of aliphatic carboxylic acids is 1. The van der Waals surface area contributed by atoms with E-state index in [2.05, 4.69) is 0 Å². The van der Waals surface area contributed by atoms with E-state index in [9.17, 15) is 19.8 Å². The second-order valence-electron chi connectivity index (χ2n) is 7.53. The maximum Gasteiger partial charge on any atom is 0.311 e. The van der Waals surface area contributed by atoms with Gasteiger partial charge in [0.15, 0.2) is 0 Å². The number of carbonyl (C=O) groups excluding carboxylic acids is 1. The number of carboxylic acid groups (broad SMARTS) is 1. The minimum absolute atomic E-state index is 0.106. The largest absolute Gasteiger partial charge is 0.506 e. The summed E-state index contributed by atoms with van der Waals surface area (Å²) >= 11 is 6.13. The molecule has 0 bridgehead atoms. The van der Waals surface area contributed by atoms with Crippen molar-refractivity contribution in [2.45, 2.75) is 40.0 Å². The van der Waals surface area contributed by atoms with Crippen LogP contribution in [-0.4, -0.2) is 26.7 Å². The van der Waals surface area contributed by atoms with Gasteiger partial charge in [0, 0.05) is 16.6 Å². The van der Waals surface area contributed by atoms with E-state index in [-0.39, 0.29) is 22.6 Å². The van der Waals surface area contributed by atoms with Crippen LogP contribution in [0.5, 0.6) is 5.75 Å². The number of phenols is 1. The minimum atomic E-state index is -0.960. The van der Waals surface area contributed by atoms with E-state index >= 15 is 0 Å². The molecule has 0 radical (unpaired) electrons. The second kappa shape index (κ2) is 7.91. The first-order chi connectivity index (χ1) is 13.7. The van der Waals surface area contributed by atoms with Gasteiger partial charge < -0.3 is 10.2 Å². The Morgan fingerprint density at radius 2 is 1.76 bits per heavy atom. The van der Waals surface area contributed by atoms with Gasteiger partial charge in [0.25, 0.3) is 5.91 Å². The van der Waals surface area contributed by atoms with Gasteiger partial charge in [0.2, 0.25) is 0 Å². The van der Waals surface area contributed by atoms with Crippen molar-refractivity contribution in [1.82, 2.24) is 4.57 Å². The fourth-order valence-electron chi connectivity index (χ4n) is 3.81. The first kappa shape index (κ1) is 20.9. The van der Waals surface area contributed by atoms with Crippen LogP contribution in [0.3, 0.4) is 0 Å². The monoisotopic (exact) mass is 413 g/mol. The van der Waals surface area contributed by atoms with Crippen LogP contribution in [0.1, 0.15) is 53.4 Å². The third-order valence-corrected chi connectivity index (χ3v) is 5.92. The molecule has 2 atom stereocenters. The van der Waals surface area contributed by atoms with Crippen LogP contribution < -0.4 is 0 Å². The highest BCUT2D eigenvalue weighted by molar-refractivity contribution is 6.33. The van der Waals surface area contributed by atoms with Crippen molar-refractivity contribution in [3.8, 4) is 5.75 Å². The van der Waals surface area contributed by atoms with Crippen LogP contribution in [0, 0.1) is 19.8 Å². The summed E-state index contributed by atoms with van der Waals surface area (Å²) in [5.41, 5.74) is 3.09. The molecule has 152 valence electrons. The van der Waals surface area contributed by atoms with Gasteiger partial charge in [-0.05, 0) is 49.6 Å². The zero-order valence-corrected chi connectivity index (χ0v) is 17.6. The molecular formula is C23H24ClNO4. The van der Waals surface area contributed by atoms with Crippen molar-refractivity contribution in [3.05, 3.63) is 63.8 Å². The Hall–Kier alpha value is -2.79. The van der Waals surface area contributed by atoms with E-state index in [0.29, 0.717) is 34.1 Å². The van der Waals surface area contributed by atoms with Gasteiger partial charge >= 0.3 is 5.97 Å². The van der Waals surface area contributed by atoms with E-state index in [1.165, 1.54) is 16.7 Å². The maximum atomic E-state index is 13.3. The lowest BCUT2D eigenvalue weighted by molar-refractivity contribution is -0.140. The number of hydrogen-bond donors (Lipinski definition) is 2. The highest BCUT2D eigenvalue weighted by Gasteiger charge is 2.33. The molecule has 2 aromatic carbocycles. The number of aromatic hydroxyl groups is 1. The van der Waals surface area contributed by atoms with Gasteiger partial charge in [0.1, 0.15) is 5.75 Å². The second-order valence-corrected chi connectivity index (χ2v) is 7.94. The fraction of sp³-hybridized carbons (Fsp3) is 0.304. The Bertz CT molecular complexity index is 1100. The molecule has 0 aliphatic rings. The van der Waals surface area contributed by atoms with Crippen LogP contribution >= 0.6 is 11.6 Å². The maximum absolute atomic E-state index is 13.3. The van der Waals surface area contributed by atoms with Gasteiger partial charge in [0.05, 0.1) is 16.5 Å². The third-order valence-electron chi connectivity index (χ3n) is 5.61. The van der Waals surface area contributed by atoms with E-state index in [0.717, 1.165) is 5.56 Å². The lowest BCUT2D eigenvalue weighted by Gasteiger charge is -2.20. The molecule has 1 heterocycles. The molecule has 6 heteroatoms. The molecule has 0 amide bonds. The van der Waals surface area contributed by atoms with Crippen molar-refractivity contribution < 1.29 is 19.8 Å². The summed E-state index contributed by atoms with van der Waals surface area (Å²) in [5.74, 6) is -2.34. The number of nitrogens with zero attached hydrogens (tertiary/aromatic N) is 1. The lowest BCUT2D eigenvalue weighted by Crippen LogP contribution is -2.21. The third kappa shape index (κ3) is 3.62. The molecule has 0 saturated heterocycles. The molecule has 0 saturated carbocycles. The van der Waals surface area contributed by atoms with Gasteiger partial charge in [-0.2, -0.15) is 0 Å². The molecule has 5 nitrogen and oxygen atoms in total. The number of carbonyl (C=O) groups is 2. The lowest BCUT2D eigenvalue weighted by atomic mass is 9.84. The van der Waals surface area contributed by atoms with Crippen molar-refractivity contribution >= 4 is 34.4 Å². The minimum Gasteiger partial charge on any atom is -0.506 e. The first-order valence-electron chi connectivity index (χ1n) is 9.54. The molecule has 0 spiro atoms. The number of carboxylic acids is 1. The zero-order chi connectivity index (χ0) is 21.5. The van der Waals surface area contributed by atoms with Gasteiger partial charge in [-0.3, -0.25) is 14.2 Å². The predicted molar refractivity (Wildman–Crippen MR) is 114 cm³/mol. The topological polar surface area (TPSA) is 79.5 Å². The molecule has 0 aliphatic heterocycles. The number of hydrogen-bond acceptors (Lipinski definition) is 3. The highest BCUT2D eigenvalue weighted by atomic mass is 35.5. The summed E-state index contributed by atoms with van der Waals surface area (Å²) < 4.78 is 1.50.